The van der Waals surface area contributed by atoms with Gasteiger partial charge in [-0.25, -0.2) is 9.37 Å². The molecule has 16 heavy (non-hydrogen) atoms. The molecule has 1 heterocycles. The summed E-state index contributed by atoms with van der Waals surface area (Å²) in [6.07, 6.45) is 3.55. The summed E-state index contributed by atoms with van der Waals surface area (Å²) in [5, 5.41) is 0. The van der Waals surface area contributed by atoms with Gasteiger partial charge in [0, 0.05) is 19.3 Å². The van der Waals surface area contributed by atoms with Crippen LogP contribution in [-0.2, 0) is 13.1 Å². The molecule has 1 aromatic heterocycles. The minimum atomic E-state index is -0.253. The highest BCUT2D eigenvalue weighted by Gasteiger charge is 2.05. The Labute approximate surface area is 101 Å². The van der Waals surface area contributed by atoms with E-state index in [0.29, 0.717) is 17.6 Å². The van der Waals surface area contributed by atoms with E-state index in [0.717, 1.165) is 11.3 Å². The average molecular weight is 284 g/mol. The van der Waals surface area contributed by atoms with Crippen LogP contribution in [0.1, 0.15) is 11.3 Å². The van der Waals surface area contributed by atoms with E-state index in [1.54, 1.807) is 12.4 Å². The van der Waals surface area contributed by atoms with E-state index >= 15 is 0 Å². The summed E-state index contributed by atoms with van der Waals surface area (Å²) in [5.74, 6) is -0.253. The van der Waals surface area contributed by atoms with Crippen molar-refractivity contribution in [1.29, 1.82) is 0 Å². The van der Waals surface area contributed by atoms with E-state index < -0.39 is 0 Å². The van der Waals surface area contributed by atoms with Crippen molar-refractivity contribution >= 4 is 15.9 Å². The Morgan fingerprint density at radius 3 is 2.94 bits per heavy atom. The minimum absolute atomic E-state index is 0.253. The molecule has 5 heteroatoms. The monoisotopic (exact) mass is 283 g/mol. The van der Waals surface area contributed by atoms with Crippen molar-refractivity contribution in [1.82, 2.24) is 9.55 Å². The maximum absolute atomic E-state index is 13.3. The van der Waals surface area contributed by atoms with Crippen LogP contribution < -0.4 is 5.73 Å². The van der Waals surface area contributed by atoms with Crippen LogP contribution in [0.2, 0.25) is 0 Å². The molecule has 84 valence electrons. The highest BCUT2D eigenvalue weighted by molar-refractivity contribution is 9.10. The van der Waals surface area contributed by atoms with Gasteiger partial charge in [-0.05, 0) is 27.6 Å². The Bertz CT molecular complexity index is 496. The lowest BCUT2D eigenvalue weighted by atomic mass is 10.2. The van der Waals surface area contributed by atoms with E-state index in [2.05, 4.69) is 20.9 Å². The van der Waals surface area contributed by atoms with Gasteiger partial charge in [0.1, 0.15) is 5.82 Å². The van der Waals surface area contributed by atoms with Crippen LogP contribution in [0.3, 0.4) is 0 Å². The molecule has 0 saturated heterocycles. The van der Waals surface area contributed by atoms with Crippen LogP contribution in [0.4, 0.5) is 4.39 Å². The summed E-state index contributed by atoms with van der Waals surface area (Å²) < 4.78 is 15.6. The number of rotatable bonds is 3. The van der Waals surface area contributed by atoms with E-state index in [1.165, 1.54) is 6.07 Å². The highest BCUT2D eigenvalue weighted by Crippen LogP contribution is 2.21. The van der Waals surface area contributed by atoms with E-state index in [1.807, 2.05) is 16.8 Å². The SMILES string of the molecule is NCc1cn(Cc2cccc(F)c2Br)cn1. The molecule has 0 aliphatic carbocycles. The molecule has 0 bridgehead atoms. The molecule has 3 nitrogen and oxygen atoms in total. The van der Waals surface area contributed by atoms with Gasteiger partial charge in [0.05, 0.1) is 16.5 Å². The molecule has 0 saturated carbocycles. The molecule has 0 radical (unpaired) electrons. The van der Waals surface area contributed by atoms with Crippen LogP contribution in [0.15, 0.2) is 35.2 Å². The van der Waals surface area contributed by atoms with Crippen LogP contribution in [-0.4, -0.2) is 9.55 Å². The van der Waals surface area contributed by atoms with Gasteiger partial charge in [0.2, 0.25) is 0 Å². The Kier molecular flexibility index (Phi) is 3.36. The van der Waals surface area contributed by atoms with Crippen molar-refractivity contribution < 1.29 is 4.39 Å². The fraction of sp³-hybridized carbons (Fsp3) is 0.182. The zero-order valence-corrected chi connectivity index (χ0v) is 10.1. The fourth-order valence-electron chi connectivity index (χ4n) is 1.47. The summed E-state index contributed by atoms with van der Waals surface area (Å²) in [4.78, 5) is 4.11. The predicted octanol–water partition coefficient (Wildman–Crippen LogP) is 2.29. The third-order valence-corrected chi connectivity index (χ3v) is 3.17. The first-order valence-electron chi connectivity index (χ1n) is 4.84. The number of nitrogens with zero attached hydrogens (tertiary/aromatic N) is 2. The number of aromatic nitrogens is 2. The van der Waals surface area contributed by atoms with Crippen molar-refractivity contribution in [2.24, 2.45) is 5.73 Å². The lowest BCUT2D eigenvalue weighted by molar-refractivity contribution is 0.616. The molecule has 0 unspecified atom stereocenters. The predicted molar refractivity (Wildman–Crippen MR) is 63.3 cm³/mol. The van der Waals surface area contributed by atoms with Crippen molar-refractivity contribution in [3.05, 3.63) is 52.3 Å². The number of halogens is 2. The van der Waals surface area contributed by atoms with E-state index in [-0.39, 0.29) is 5.82 Å². The quantitative estimate of drug-likeness (QED) is 0.939. The third kappa shape index (κ3) is 2.31. The van der Waals surface area contributed by atoms with E-state index in [9.17, 15) is 4.39 Å². The Hall–Kier alpha value is -1.20. The first-order valence-corrected chi connectivity index (χ1v) is 5.63. The van der Waals surface area contributed by atoms with Gasteiger partial charge in [-0.2, -0.15) is 0 Å². The number of hydrogen-bond donors (Lipinski definition) is 1. The van der Waals surface area contributed by atoms with E-state index in [4.69, 9.17) is 5.73 Å². The van der Waals surface area contributed by atoms with Crippen LogP contribution in [0.5, 0.6) is 0 Å². The molecule has 0 aliphatic heterocycles. The molecule has 2 aromatic rings. The van der Waals surface area contributed by atoms with Crippen LogP contribution >= 0.6 is 15.9 Å². The molecular weight excluding hydrogens is 273 g/mol. The third-order valence-electron chi connectivity index (χ3n) is 2.28. The number of nitrogens with two attached hydrogens (primary N) is 1. The standard InChI is InChI=1S/C11H11BrFN3/c12-11-8(2-1-3-10(11)13)5-16-6-9(4-14)15-7-16/h1-3,6-7H,4-5,14H2. The second-order valence-corrected chi connectivity index (χ2v) is 4.25. The van der Waals surface area contributed by atoms with Crippen molar-refractivity contribution in [3.63, 3.8) is 0 Å². The molecular formula is C11H11BrFN3. The van der Waals surface area contributed by atoms with Gasteiger partial charge in [-0.15, -0.1) is 0 Å². The lowest BCUT2D eigenvalue weighted by Gasteiger charge is -2.05. The first-order chi connectivity index (χ1) is 7.70. The summed E-state index contributed by atoms with van der Waals surface area (Å²) in [6, 6.07) is 4.98. The second-order valence-electron chi connectivity index (χ2n) is 3.45. The maximum Gasteiger partial charge on any atom is 0.137 e. The molecule has 0 fully saturated rings. The molecule has 1 aromatic carbocycles. The Balaban J connectivity index is 2.23. The molecule has 0 atom stereocenters. The zero-order valence-electron chi connectivity index (χ0n) is 8.53. The summed E-state index contributed by atoms with van der Waals surface area (Å²) in [6.45, 7) is 0.989. The fourth-order valence-corrected chi connectivity index (χ4v) is 1.86. The van der Waals surface area contributed by atoms with Crippen LogP contribution in [0, 0.1) is 5.82 Å². The first kappa shape index (κ1) is 11.3. The van der Waals surface area contributed by atoms with Gasteiger partial charge in [-0.1, -0.05) is 12.1 Å². The normalized spacial score (nSPS) is 10.7. The van der Waals surface area contributed by atoms with Gasteiger partial charge < -0.3 is 10.3 Å². The van der Waals surface area contributed by atoms with Crippen LogP contribution in [0.25, 0.3) is 0 Å². The molecule has 2 rings (SSSR count). The second kappa shape index (κ2) is 4.76. The van der Waals surface area contributed by atoms with Gasteiger partial charge in [0.15, 0.2) is 0 Å². The minimum Gasteiger partial charge on any atom is -0.333 e. The van der Waals surface area contributed by atoms with Crippen molar-refractivity contribution in [2.75, 3.05) is 0 Å². The summed E-state index contributed by atoms with van der Waals surface area (Å²) in [5.41, 5.74) is 7.17. The number of benzene rings is 1. The zero-order chi connectivity index (χ0) is 11.5. The summed E-state index contributed by atoms with van der Waals surface area (Å²) >= 11 is 3.23. The number of hydrogen-bond acceptors (Lipinski definition) is 2. The Morgan fingerprint density at radius 2 is 2.25 bits per heavy atom. The lowest BCUT2D eigenvalue weighted by Crippen LogP contribution is -1.99. The average Bonchev–Trinajstić information content (AvgIpc) is 2.73. The van der Waals surface area contributed by atoms with Gasteiger partial charge in [-0.3, -0.25) is 0 Å². The highest BCUT2D eigenvalue weighted by atomic mass is 79.9. The molecule has 0 aliphatic rings. The van der Waals surface area contributed by atoms with Crippen molar-refractivity contribution in [3.8, 4) is 0 Å². The van der Waals surface area contributed by atoms with Crippen molar-refractivity contribution in [2.45, 2.75) is 13.1 Å². The van der Waals surface area contributed by atoms with Gasteiger partial charge in [0.25, 0.3) is 0 Å². The Morgan fingerprint density at radius 1 is 1.44 bits per heavy atom. The topological polar surface area (TPSA) is 43.8 Å². The van der Waals surface area contributed by atoms with Gasteiger partial charge >= 0.3 is 0 Å². The molecule has 0 spiro atoms. The summed E-state index contributed by atoms with van der Waals surface area (Å²) in [7, 11) is 0. The number of imidazole rings is 1. The largest absolute Gasteiger partial charge is 0.333 e. The smallest absolute Gasteiger partial charge is 0.137 e. The molecule has 2 N–H and O–H groups in total. The molecule has 0 amide bonds. The maximum atomic E-state index is 13.3.